The lowest BCUT2D eigenvalue weighted by Gasteiger charge is -2.18. The van der Waals surface area contributed by atoms with E-state index in [1.165, 1.54) is 0 Å². The molecule has 1 atom stereocenters. The molecule has 0 aliphatic carbocycles. The van der Waals surface area contributed by atoms with Gasteiger partial charge < -0.3 is 11.1 Å². The fraction of sp³-hybridized carbons (Fsp3) is 0.333. The molecule has 0 radical (unpaired) electrons. The van der Waals surface area contributed by atoms with Crippen molar-refractivity contribution < 1.29 is 0 Å². The summed E-state index contributed by atoms with van der Waals surface area (Å²) < 4.78 is 0. The molecule has 0 amide bonds. The van der Waals surface area contributed by atoms with Crippen LogP contribution in [0.4, 0.5) is 0 Å². The summed E-state index contributed by atoms with van der Waals surface area (Å²) in [5.41, 5.74) is 6.60. The molecule has 0 spiro atoms. The summed E-state index contributed by atoms with van der Waals surface area (Å²) in [4.78, 5) is 0. The number of nitrogens with one attached hydrogen (secondary N) is 1. The van der Waals surface area contributed by atoms with Gasteiger partial charge in [0.15, 0.2) is 0 Å². The van der Waals surface area contributed by atoms with Crippen molar-refractivity contribution >= 4 is 23.2 Å². The van der Waals surface area contributed by atoms with Gasteiger partial charge in [-0.2, -0.15) is 0 Å². The maximum atomic E-state index is 6.11. The van der Waals surface area contributed by atoms with Crippen molar-refractivity contribution in [2.24, 2.45) is 5.73 Å². The van der Waals surface area contributed by atoms with Gasteiger partial charge in [-0.1, -0.05) is 35.3 Å². The molecule has 0 heterocycles. The predicted octanol–water partition coefficient (Wildman–Crippen LogP) is 2.61. The molecule has 1 rings (SSSR count). The van der Waals surface area contributed by atoms with Gasteiger partial charge in [-0.25, -0.2) is 0 Å². The van der Waals surface area contributed by atoms with Gasteiger partial charge in [0.2, 0.25) is 0 Å². The van der Waals surface area contributed by atoms with Crippen molar-refractivity contribution in [1.29, 1.82) is 0 Å². The Kier molecular flexibility index (Phi) is 5.65. The zero-order chi connectivity index (χ0) is 12.0. The Morgan fingerprint density at radius 1 is 1.44 bits per heavy atom. The number of hydrogen-bond donors (Lipinski definition) is 2. The van der Waals surface area contributed by atoms with Crippen LogP contribution in [0.3, 0.4) is 0 Å². The van der Waals surface area contributed by atoms with E-state index in [0.717, 1.165) is 5.56 Å². The molecule has 2 nitrogen and oxygen atoms in total. The van der Waals surface area contributed by atoms with E-state index >= 15 is 0 Å². The van der Waals surface area contributed by atoms with Gasteiger partial charge in [-0.05, 0) is 11.6 Å². The normalized spacial score (nSPS) is 12.1. The van der Waals surface area contributed by atoms with E-state index in [0.29, 0.717) is 29.6 Å². The second-order valence-corrected chi connectivity index (χ2v) is 4.12. The van der Waals surface area contributed by atoms with Gasteiger partial charge >= 0.3 is 0 Å². The topological polar surface area (TPSA) is 38.0 Å². The molecule has 86 valence electrons. The van der Waals surface area contributed by atoms with Crippen LogP contribution in [0, 0.1) is 12.3 Å². The lowest BCUT2D eigenvalue weighted by molar-refractivity contribution is 0.551. The highest BCUT2D eigenvalue weighted by Gasteiger charge is 2.13. The molecule has 0 bridgehead atoms. The maximum absolute atomic E-state index is 6.11. The summed E-state index contributed by atoms with van der Waals surface area (Å²) >= 11 is 12.1. The quantitative estimate of drug-likeness (QED) is 0.628. The molecular formula is C12H14Cl2N2. The minimum absolute atomic E-state index is 0.0143. The van der Waals surface area contributed by atoms with Crippen molar-refractivity contribution in [3.05, 3.63) is 33.8 Å². The number of terminal acetylenes is 1. The van der Waals surface area contributed by atoms with Gasteiger partial charge in [-0.15, -0.1) is 12.3 Å². The summed E-state index contributed by atoms with van der Waals surface area (Å²) in [5, 5.41) is 4.33. The van der Waals surface area contributed by atoms with Crippen LogP contribution >= 0.6 is 23.2 Å². The second kappa shape index (κ2) is 6.78. The standard InChI is InChI=1S/C12H14Cl2N2/c1-2-3-7-16-11(8-15)9-5-4-6-10(13)12(9)14/h1,4-6,11,16H,3,7-8,15H2. The van der Waals surface area contributed by atoms with Gasteiger partial charge in [0.25, 0.3) is 0 Å². The highest BCUT2D eigenvalue weighted by atomic mass is 35.5. The molecular weight excluding hydrogens is 243 g/mol. The Balaban J connectivity index is 2.79. The average Bonchev–Trinajstić information content (AvgIpc) is 2.29. The average molecular weight is 257 g/mol. The minimum Gasteiger partial charge on any atom is -0.329 e. The molecule has 1 aromatic carbocycles. The van der Waals surface area contributed by atoms with Crippen molar-refractivity contribution in [3.63, 3.8) is 0 Å². The van der Waals surface area contributed by atoms with E-state index in [4.69, 9.17) is 35.4 Å². The van der Waals surface area contributed by atoms with Gasteiger partial charge in [-0.3, -0.25) is 0 Å². The van der Waals surface area contributed by atoms with E-state index in [2.05, 4.69) is 11.2 Å². The van der Waals surface area contributed by atoms with Crippen molar-refractivity contribution in [1.82, 2.24) is 5.32 Å². The number of halogens is 2. The van der Waals surface area contributed by atoms with Crippen LogP contribution in [-0.2, 0) is 0 Å². The van der Waals surface area contributed by atoms with Gasteiger partial charge in [0, 0.05) is 25.6 Å². The smallest absolute Gasteiger partial charge is 0.0640 e. The van der Waals surface area contributed by atoms with E-state index < -0.39 is 0 Å². The first-order chi connectivity index (χ1) is 7.70. The van der Waals surface area contributed by atoms with Crippen LogP contribution < -0.4 is 11.1 Å². The summed E-state index contributed by atoms with van der Waals surface area (Å²) in [7, 11) is 0. The van der Waals surface area contributed by atoms with Crippen LogP contribution in [0.15, 0.2) is 18.2 Å². The molecule has 16 heavy (non-hydrogen) atoms. The Morgan fingerprint density at radius 2 is 2.19 bits per heavy atom. The third-order valence-electron chi connectivity index (χ3n) is 2.25. The van der Waals surface area contributed by atoms with Crippen LogP contribution in [0.5, 0.6) is 0 Å². The number of nitrogens with two attached hydrogens (primary N) is 1. The Bertz CT molecular complexity index is 385. The van der Waals surface area contributed by atoms with Gasteiger partial charge in [0.05, 0.1) is 10.0 Å². The molecule has 0 saturated heterocycles. The summed E-state index contributed by atoms with van der Waals surface area (Å²) in [6.07, 6.45) is 5.84. The molecule has 0 aromatic heterocycles. The molecule has 1 aromatic rings. The molecule has 1 unspecified atom stereocenters. The third kappa shape index (κ3) is 3.40. The Morgan fingerprint density at radius 3 is 2.81 bits per heavy atom. The Hall–Kier alpha value is -0.720. The van der Waals surface area contributed by atoms with E-state index in [1.54, 1.807) is 6.07 Å². The van der Waals surface area contributed by atoms with Crippen molar-refractivity contribution in [2.45, 2.75) is 12.5 Å². The lowest BCUT2D eigenvalue weighted by Crippen LogP contribution is -2.29. The largest absolute Gasteiger partial charge is 0.329 e. The zero-order valence-electron chi connectivity index (χ0n) is 8.84. The highest BCUT2D eigenvalue weighted by molar-refractivity contribution is 6.42. The molecule has 0 aliphatic heterocycles. The summed E-state index contributed by atoms with van der Waals surface area (Å²) in [6.45, 7) is 1.16. The fourth-order valence-corrected chi connectivity index (χ4v) is 1.87. The zero-order valence-corrected chi connectivity index (χ0v) is 10.4. The fourth-order valence-electron chi connectivity index (χ4n) is 1.43. The SMILES string of the molecule is C#CCCNC(CN)c1cccc(Cl)c1Cl. The van der Waals surface area contributed by atoms with Gasteiger partial charge in [0.1, 0.15) is 0 Å². The van der Waals surface area contributed by atoms with Crippen LogP contribution in [0.25, 0.3) is 0 Å². The number of hydrogen-bond acceptors (Lipinski definition) is 2. The molecule has 4 heteroatoms. The van der Waals surface area contributed by atoms with E-state index in [9.17, 15) is 0 Å². The van der Waals surface area contributed by atoms with Crippen LogP contribution in [0.2, 0.25) is 10.0 Å². The molecule has 3 N–H and O–H groups in total. The number of rotatable bonds is 5. The van der Waals surface area contributed by atoms with Crippen LogP contribution in [0.1, 0.15) is 18.0 Å². The summed E-state index contributed by atoms with van der Waals surface area (Å²) in [6, 6.07) is 5.51. The van der Waals surface area contributed by atoms with E-state index in [-0.39, 0.29) is 6.04 Å². The Labute approximate surface area is 106 Å². The number of benzene rings is 1. The maximum Gasteiger partial charge on any atom is 0.0640 e. The second-order valence-electron chi connectivity index (χ2n) is 3.34. The minimum atomic E-state index is -0.0143. The first-order valence-electron chi connectivity index (χ1n) is 5.01. The monoisotopic (exact) mass is 256 g/mol. The lowest BCUT2D eigenvalue weighted by atomic mass is 10.1. The van der Waals surface area contributed by atoms with Crippen LogP contribution in [-0.4, -0.2) is 13.1 Å². The molecule has 0 aliphatic rings. The predicted molar refractivity (Wildman–Crippen MR) is 69.7 cm³/mol. The molecule has 0 saturated carbocycles. The van der Waals surface area contributed by atoms with E-state index in [1.807, 2.05) is 12.1 Å². The molecule has 0 fully saturated rings. The first kappa shape index (κ1) is 13.3. The highest BCUT2D eigenvalue weighted by Crippen LogP contribution is 2.29. The van der Waals surface area contributed by atoms with Crippen molar-refractivity contribution in [2.75, 3.05) is 13.1 Å². The summed E-state index contributed by atoms with van der Waals surface area (Å²) in [5.74, 6) is 2.56. The van der Waals surface area contributed by atoms with Crippen molar-refractivity contribution in [3.8, 4) is 12.3 Å². The first-order valence-corrected chi connectivity index (χ1v) is 5.77. The third-order valence-corrected chi connectivity index (χ3v) is 3.09.